The van der Waals surface area contributed by atoms with Crippen molar-refractivity contribution in [2.24, 2.45) is 5.92 Å². The van der Waals surface area contributed by atoms with E-state index in [0.717, 1.165) is 32.1 Å². The first-order chi connectivity index (χ1) is 24.1. The summed E-state index contributed by atoms with van der Waals surface area (Å²) < 4.78 is 11.0. The van der Waals surface area contributed by atoms with Crippen LogP contribution in [0.2, 0.25) is 0 Å². The maximum Gasteiger partial charge on any atom is 0.306 e. The van der Waals surface area contributed by atoms with Gasteiger partial charge in [0.2, 0.25) is 5.91 Å². The highest BCUT2D eigenvalue weighted by molar-refractivity contribution is 5.85. The Kier molecular flexibility index (Phi) is 32.9. The fourth-order valence-electron chi connectivity index (χ4n) is 5.76. The van der Waals surface area contributed by atoms with Gasteiger partial charge in [-0.2, -0.15) is 0 Å². The van der Waals surface area contributed by atoms with Crippen molar-refractivity contribution in [1.29, 1.82) is 0 Å². The van der Waals surface area contributed by atoms with E-state index in [2.05, 4.69) is 5.32 Å². The number of carboxylic acid groups (broad SMARTS) is 2. The van der Waals surface area contributed by atoms with Crippen LogP contribution in [0.15, 0.2) is 0 Å². The summed E-state index contributed by atoms with van der Waals surface area (Å²) in [5.74, 6) is -2.80. The Morgan fingerprint density at radius 2 is 0.960 bits per heavy atom. The van der Waals surface area contributed by atoms with Gasteiger partial charge in [-0.25, -0.2) is 0 Å². The average molecular weight is 712 g/mol. The van der Waals surface area contributed by atoms with E-state index in [4.69, 9.17) is 14.6 Å². The first kappa shape index (κ1) is 47.3. The van der Waals surface area contributed by atoms with E-state index in [1.807, 2.05) is 0 Å². The molecule has 0 aromatic carbocycles. The number of aliphatic carboxylic acids is 2. The third-order valence-electron chi connectivity index (χ3n) is 8.81. The quantitative estimate of drug-likeness (QED) is 0.0534. The van der Waals surface area contributed by atoms with Gasteiger partial charge in [0.05, 0.1) is 25.7 Å². The third-order valence-corrected chi connectivity index (χ3v) is 8.81. The molecule has 11 heteroatoms. The molecule has 0 saturated carbocycles. The molecule has 3 N–H and O–H groups in total. The Bertz CT molecular complexity index is 923. The van der Waals surface area contributed by atoms with Crippen LogP contribution in [0, 0.1) is 5.92 Å². The monoisotopic (exact) mass is 711 g/mol. The smallest absolute Gasteiger partial charge is 0.306 e. The van der Waals surface area contributed by atoms with Crippen LogP contribution in [0.1, 0.15) is 174 Å². The van der Waals surface area contributed by atoms with Gasteiger partial charge in [0.25, 0.3) is 0 Å². The summed E-state index contributed by atoms with van der Waals surface area (Å²) in [6.45, 7) is 3.54. The molecule has 1 amide bonds. The number of amides is 1. The second-order valence-corrected chi connectivity index (χ2v) is 13.6. The molecular weight excluding hydrogens is 642 g/mol. The summed E-state index contributed by atoms with van der Waals surface area (Å²) in [6, 6.07) is 0. The van der Waals surface area contributed by atoms with Crippen LogP contribution in [-0.2, 0) is 38.2 Å². The van der Waals surface area contributed by atoms with Gasteiger partial charge in [0.15, 0.2) is 0 Å². The van der Waals surface area contributed by atoms with E-state index in [1.54, 1.807) is 0 Å². The Hall–Kier alpha value is -2.66. The van der Waals surface area contributed by atoms with Crippen molar-refractivity contribution < 1.29 is 48.5 Å². The Labute approximate surface area is 301 Å². The molecule has 0 heterocycles. The molecule has 0 saturated heterocycles. The van der Waals surface area contributed by atoms with E-state index in [-0.39, 0.29) is 55.4 Å². The van der Waals surface area contributed by atoms with Crippen LogP contribution in [0.5, 0.6) is 0 Å². The molecule has 0 fully saturated rings. The number of rotatable bonds is 39. The molecule has 0 spiro atoms. The Morgan fingerprint density at radius 1 is 0.500 bits per heavy atom. The molecule has 0 rings (SSSR count). The summed E-state index contributed by atoms with van der Waals surface area (Å²) in [5, 5.41) is 20.7. The van der Waals surface area contributed by atoms with Gasteiger partial charge in [-0.05, 0) is 39.0 Å². The number of unbranched alkanes of at least 4 members (excludes halogenated alkanes) is 15. The molecule has 0 aromatic heterocycles. The van der Waals surface area contributed by atoms with E-state index in [0.29, 0.717) is 65.1 Å². The number of ether oxygens (including phenoxy) is 2. The summed E-state index contributed by atoms with van der Waals surface area (Å²) >= 11 is 0. The molecule has 0 aliphatic rings. The number of carbonyl (C=O) groups is 6. The van der Waals surface area contributed by atoms with Crippen LogP contribution < -0.4 is 5.32 Å². The number of carboxylic acids is 2. The van der Waals surface area contributed by atoms with Crippen LogP contribution >= 0.6 is 0 Å². The molecule has 0 aliphatic carbocycles. The maximum absolute atomic E-state index is 12.1. The number of hydrogen-bond donors (Lipinski definition) is 3. The zero-order valence-electron chi connectivity index (χ0n) is 31.2. The van der Waals surface area contributed by atoms with Crippen molar-refractivity contribution in [3.05, 3.63) is 0 Å². The molecule has 0 bridgehead atoms. The number of hydrogen-bond acceptors (Lipinski definition) is 8. The molecule has 0 unspecified atom stereocenters. The van der Waals surface area contributed by atoms with Crippen LogP contribution in [0.25, 0.3) is 0 Å². The lowest BCUT2D eigenvalue weighted by Gasteiger charge is -2.10. The second-order valence-electron chi connectivity index (χ2n) is 13.6. The first-order valence-electron chi connectivity index (χ1n) is 19.5. The molecule has 1 atom stereocenters. The molecule has 0 radical (unpaired) electrons. The van der Waals surface area contributed by atoms with Crippen molar-refractivity contribution in [2.45, 2.75) is 174 Å². The Balaban J connectivity index is 3.42. The minimum atomic E-state index is -1.07. The number of Topliss-reactive ketones (excluding diaryl/α,β-unsaturated/α-hetero) is 3. The largest absolute Gasteiger partial charge is 0.481 e. The minimum Gasteiger partial charge on any atom is -0.481 e. The van der Waals surface area contributed by atoms with E-state index in [1.165, 1.54) is 77.6 Å². The highest BCUT2D eigenvalue weighted by Crippen LogP contribution is 2.16. The number of ketones is 3. The lowest BCUT2D eigenvalue weighted by atomic mass is 9.94. The van der Waals surface area contributed by atoms with Crippen LogP contribution in [0.3, 0.4) is 0 Å². The molecule has 50 heavy (non-hydrogen) atoms. The zero-order valence-corrected chi connectivity index (χ0v) is 31.2. The molecule has 290 valence electrons. The summed E-state index contributed by atoms with van der Waals surface area (Å²) in [7, 11) is 0. The maximum atomic E-state index is 12.1. The van der Waals surface area contributed by atoms with Crippen molar-refractivity contribution in [2.75, 3.05) is 33.0 Å². The molecular formula is C39H69NO10. The van der Waals surface area contributed by atoms with Gasteiger partial charge in [-0.3, -0.25) is 24.0 Å². The van der Waals surface area contributed by atoms with Crippen molar-refractivity contribution >= 4 is 35.2 Å². The minimum absolute atomic E-state index is 0.0461. The zero-order chi connectivity index (χ0) is 37.1. The fraction of sp³-hybridized carbons (Fsp3) is 0.846. The summed E-state index contributed by atoms with van der Waals surface area (Å²) in [4.78, 5) is 69.0. The van der Waals surface area contributed by atoms with E-state index < -0.39 is 17.9 Å². The van der Waals surface area contributed by atoms with Gasteiger partial charge < -0.3 is 29.8 Å². The fourth-order valence-corrected chi connectivity index (χ4v) is 5.76. The SMILES string of the molecule is CC(=O)CC[C@H](CC(=O)CCCC(=O)CCCOCCOCCNC(=O)CCCCCCCCCCCCCCCCCCC(=O)O)C(=O)O. The number of carbonyl (C=O) groups excluding carboxylic acids is 4. The molecule has 11 nitrogen and oxygen atoms in total. The predicted octanol–water partition coefficient (Wildman–Crippen LogP) is 7.79. The summed E-state index contributed by atoms with van der Waals surface area (Å²) in [5.41, 5.74) is 0. The molecule has 0 aliphatic heterocycles. The first-order valence-corrected chi connectivity index (χ1v) is 19.5. The van der Waals surface area contributed by atoms with Crippen molar-refractivity contribution in [3.63, 3.8) is 0 Å². The lowest BCUT2D eigenvalue weighted by Crippen LogP contribution is -2.27. The standard InChI is InChI=1S/C39H69NO10/c1-33(41)25-26-34(39(47)48)32-36(43)21-18-20-35(42)22-19-28-49-30-31-50-29-27-40-37(44)23-16-14-12-10-8-6-4-2-3-5-7-9-11-13-15-17-24-38(45)46/h34H,2-32H2,1H3,(H,40,44)(H,45,46)(H,47,48)/t34-/m1/s1. The van der Waals surface area contributed by atoms with Gasteiger partial charge >= 0.3 is 11.9 Å². The van der Waals surface area contributed by atoms with E-state index >= 15 is 0 Å². The highest BCUT2D eigenvalue weighted by atomic mass is 16.5. The van der Waals surface area contributed by atoms with Crippen LogP contribution in [0.4, 0.5) is 0 Å². The average Bonchev–Trinajstić information content (AvgIpc) is 3.06. The topological polar surface area (TPSA) is 173 Å². The van der Waals surface area contributed by atoms with Gasteiger partial charge in [-0.1, -0.05) is 89.9 Å². The Morgan fingerprint density at radius 3 is 1.46 bits per heavy atom. The lowest BCUT2D eigenvalue weighted by molar-refractivity contribution is -0.144. The number of nitrogens with one attached hydrogen (secondary N) is 1. The summed E-state index contributed by atoms with van der Waals surface area (Å²) in [6.07, 6.45) is 21.9. The highest BCUT2D eigenvalue weighted by Gasteiger charge is 2.21. The van der Waals surface area contributed by atoms with E-state index in [9.17, 15) is 33.9 Å². The van der Waals surface area contributed by atoms with Gasteiger partial charge in [0.1, 0.15) is 17.3 Å². The van der Waals surface area contributed by atoms with Gasteiger partial charge in [-0.15, -0.1) is 0 Å². The van der Waals surface area contributed by atoms with Gasteiger partial charge in [0, 0.05) is 58.1 Å². The van der Waals surface area contributed by atoms with Crippen LogP contribution in [-0.4, -0.2) is 78.4 Å². The second kappa shape index (κ2) is 34.8. The van der Waals surface area contributed by atoms with Crippen molar-refractivity contribution in [1.82, 2.24) is 5.32 Å². The predicted molar refractivity (Wildman–Crippen MR) is 194 cm³/mol. The van der Waals surface area contributed by atoms with Crippen molar-refractivity contribution in [3.8, 4) is 0 Å². The normalized spacial score (nSPS) is 11.7. The third kappa shape index (κ3) is 35.2. The molecule has 0 aromatic rings.